The van der Waals surface area contributed by atoms with Gasteiger partial charge in [0.25, 0.3) is 0 Å². The molecule has 2 aromatic heterocycles. The molecular formula is C41H22F12N4. The van der Waals surface area contributed by atoms with E-state index < -0.39 is 58.1 Å². The van der Waals surface area contributed by atoms with Gasteiger partial charge in [0.1, 0.15) is 0 Å². The summed E-state index contributed by atoms with van der Waals surface area (Å²) in [5.74, 6) is 0.225. The highest BCUT2D eigenvalue weighted by Gasteiger charge is 2.38. The molecule has 0 atom stereocenters. The van der Waals surface area contributed by atoms with Crippen LogP contribution < -0.4 is 0 Å². The van der Waals surface area contributed by atoms with Crippen LogP contribution in [0.15, 0.2) is 97.1 Å². The molecule has 4 nitrogen and oxygen atoms in total. The van der Waals surface area contributed by atoms with Crippen LogP contribution in [0.4, 0.5) is 52.7 Å². The van der Waals surface area contributed by atoms with E-state index in [9.17, 15) is 57.9 Å². The molecule has 0 fully saturated rings. The van der Waals surface area contributed by atoms with Crippen molar-refractivity contribution in [2.75, 3.05) is 0 Å². The predicted molar refractivity (Wildman–Crippen MR) is 187 cm³/mol. The Bertz CT molecular complexity index is 2560. The van der Waals surface area contributed by atoms with Crippen molar-refractivity contribution in [3.8, 4) is 45.4 Å². The van der Waals surface area contributed by atoms with Crippen molar-refractivity contribution in [2.24, 2.45) is 0 Å². The number of aromatic nitrogens is 3. The van der Waals surface area contributed by atoms with Crippen LogP contribution in [0.25, 0.3) is 61.1 Å². The first-order chi connectivity index (χ1) is 26.5. The third-order valence-electron chi connectivity index (χ3n) is 9.20. The van der Waals surface area contributed by atoms with Crippen molar-refractivity contribution >= 4 is 21.8 Å². The minimum Gasteiger partial charge on any atom is -0.308 e. The summed E-state index contributed by atoms with van der Waals surface area (Å²) >= 11 is 0. The molecule has 0 radical (unpaired) electrons. The summed E-state index contributed by atoms with van der Waals surface area (Å²) in [6, 6.07) is 18.3. The largest absolute Gasteiger partial charge is 0.416 e. The third kappa shape index (κ3) is 7.49. The van der Waals surface area contributed by atoms with Crippen molar-refractivity contribution in [2.45, 2.75) is 38.6 Å². The van der Waals surface area contributed by atoms with Crippen LogP contribution in [-0.2, 0) is 24.7 Å². The van der Waals surface area contributed by atoms with Crippen molar-refractivity contribution in [1.29, 1.82) is 5.26 Å². The molecule has 7 rings (SSSR count). The Morgan fingerprint density at radius 2 is 0.877 bits per heavy atom. The Morgan fingerprint density at radius 1 is 0.474 bits per heavy atom. The van der Waals surface area contributed by atoms with Crippen molar-refractivity contribution in [3.63, 3.8) is 0 Å². The second kappa shape index (κ2) is 13.4. The van der Waals surface area contributed by atoms with Gasteiger partial charge < -0.3 is 4.57 Å². The molecule has 0 saturated heterocycles. The van der Waals surface area contributed by atoms with Crippen LogP contribution in [0.3, 0.4) is 0 Å². The standard InChI is InChI=1S/C41H22F12N4/c1-20-9-21(2)56-37(55-20)31-6-3-22(19-54)10-36(31)57-34-7-4-23(25-11-27(38(42,43)44)17-28(12-25)39(45,46)47)15-32(34)33-16-24(5-8-35(33)57)26-13-29(40(48,49)50)18-30(14-26)41(51,52)53/h3-18H,1-2H3. The number of hydrogen-bond acceptors (Lipinski definition) is 3. The average molecular weight is 799 g/mol. The monoisotopic (exact) mass is 798 g/mol. The predicted octanol–water partition coefficient (Wildman–Crippen LogP) is 13.1. The van der Waals surface area contributed by atoms with Crippen LogP contribution in [0, 0.1) is 25.2 Å². The summed E-state index contributed by atoms with van der Waals surface area (Å²) in [5.41, 5.74) is -4.96. The van der Waals surface area contributed by atoms with Gasteiger partial charge in [0.05, 0.1) is 50.6 Å². The molecular weight excluding hydrogens is 776 g/mol. The van der Waals surface area contributed by atoms with E-state index in [4.69, 9.17) is 0 Å². The van der Waals surface area contributed by atoms with Gasteiger partial charge in [-0.3, -0.25) is 0 Å². The Balaban J connectivity index is 1.58. The molecule has 0 N–H and O–H groups in total. The molecule has 0 saturated carbocycles. The summed E-state index contributed by atoms with van der Waals surface area (Å²) in [5, 5.41) is 10.2. The zero-order valence-corrected chi connectivity index (χ0v) is 29.1. The van der Waals surface area contributed by atoms with Gasteiger partial charge in [-0.1, -0.05) is 12.1 Å². The molecule has 290 valence electrons. The maximum absolute atomic E-state index is 13.9. The summed E-state index contributed by atoms with van der Waals surface area (Å²) in [6.07, 6.45) is -20.7. The summed E-state index contributed by atoms with van der Waals surface area (Å²) in [4.78, 5) is 9.07. The Hall–Kier alpha value is -6.37. The molecule has 7 aromatic rings. The summed E-state index contributed by atoms with van der Waals surface area (Å²) in [7, 11) is 0. The maximum Gasteiger partial charge on any atom is 0.416 e. The number of hydrogen-bond donors (Lipinski definition) is 0. The van der Waals surface area contributed by atoms with Gasteiger partial charge in [-0.25, -0.2) is 9.97 Å². The SMILES string of the molecule is Cc1cc(C)nc(-c2ccc(C#N)cc2-n2c3ccc(-c4cc(C(F)(F)F)cc(C(F)(F)F)c4)cc3c3cc(-c4cc(C(F)(F)F)cc(C(F)(F)F)c4)ccc32)n1. The fourth-order valence-corrected chi connectivity index (χ4v) is 6.71. The molecule has 0 aliphatic rings. The molecule has 2 heterocycles. The first-order valence-corrected chi connectivity index (χ1v) is 16.6. The number of alkyl halides is 12. The first-order valence-electron chi connectivity index (χ1n) is 16.6. The zero-order valence-electron chi connectivity index (χ0n) is 29.1. The highest BCUT2D eigenvalue weighted by Crippen LogP contribution is 2.44. The van der Waals surface area contributed by atoms with Crippen molar-refractivity contribution < 1.29 is 52.7 Å². The van der Waals surface area contributed by atoms with E-state index in [-0.39, 0.29) is 62.1 Å². The van der Waals surface area contributed by atoms with Gasteiger partial charge in [-0.05, 0) is 121 Å². The molecule has 0 spiro atoms. The normalized spacial score (nSPS) is 12.7. The topological polar surface area (TPSA) is 54.5 Å². The lowest BCUT2D eigenvalue weighted by molar-refractivity contribution is -0.144. The minimum atomic E-state index is -5.16. The molecule has 0 bridgehead atoms. The second-order valence-corrected chi connectivity index (χ2v) is 13.2. The number of benzene rings is 5. The zero-order chi connectivity index (χ0) is 41.4. The van der Waals surface area contributed by atoms with Gasteiger partial charge in [0.15, 0.2) is 5.82 Å². The van der Waals surface area contributed by atoms with E-state index in [2.05, 4.69) is 9.97 Å². The van der Waals surface area contributed by atoms with Crippen molar-refractivity contribution in [1.82, 2.24) is 14.5 Å². The van der Waals surface area contributed by atoms with E-state index >= 15 is 0 Å². The highest BCUT2D eigenvalue weighted by molar-refractivity contribution is 6.12. The van der Waals surface area contributed by atoms with Gasteiger partial charge in [-0.15, -0.1) is 0 Å². The van der Waals surface area contributed by atoms with Crippen LogP contribution in [0.1, 0.15) is 39.2 Å². The number of halogens is 12. The quantitative estimate of drug-likeness (QED) is 0.167. The number of rotatable bonds is 4. The molecule has 0 aliphatic carbocycles. The number of nitriles is 1. The fraction of sp³-hybridized carbons (Fsp3) is 0.146. The number of aryl methyl sites for hydroxylation is 2. The van der Waals surface area contributed by atoms with Gasteiger partial charge >= 0.3 is 24.7 Å². The maximum atomic E-state index is 13.9. The summed E-state index contributed by atoms with van der Waals surface area (Å²) < 4.78 is 168. The highest BCUT2D eigenvalue weighted by atomic mass is 19.4. The third-order valence-corrected chi connectivity index (χ3v) is 9.20. The van der Waals surface area contributed by atoms with Crippen LogP contribution in [0.2, 0.25) is 0 Å². The molecule has 0 unspecified atom stereocenters. The first kappa shape index (κ1) is 38.9. The summed E-state index contributed by atoms with van der Waals surface area (Å²) in [6.45, 7) is 3.45. The van der Waals surface area contributed by atoms with Gasteiger partial charge in [0, 0.05) is 27.7 Å². The molecule has 0 aliphatic heterocycles. The molecule has 5 aromatic carbocycles. The fourth-order valence-electron chi connectivity index (χ4n) is 6.71. The van der Waals surface area contributed by atoms with Gasteiger partial charge in [-0.2, -0.15) is 57.9 Å². The van der Waals surface area contributed by atoms with E-state index in [1.807, 2.05) is 6.07 Å². The molecule has 57 heavy (non-hydrogen) atoms. The minimum absolute atomic E-state index is 0.0246. The number of nitrogens with zero attached hydrogens (tertiary/aromatic N) is 4. The Kier molecular flexibility index (Phi) is 9.13. The van der Waals surface area contributed by atoms with Gasteiger partial charge in [0.2, 0.25) is 0 Å². The Labute approximate surface area is 314 Å². The lowest BCUT2D eigenvalue weighted by Gasteiger charge is -2.16. The van der Waals surface area contributed by atoms with E-state index in [1.165, 1.54) is 48.5 Å². The lowest BCUT2D eigenvalue weighted by atomic mass is 9.96. The van der Waals surface area contributed by atoms with E-state index in [0.717, 1.165) is 0 Å². The number of fused-ring (bicyclic) bond motifs is 3. The van der Waals surface area contributed by atoms with Crippen molar-refractivity contribution in [3.05, 3.63) is 136 Å². The average Bonchev–Trinajstić information content (AvgIpc) is 3.45. The smallest absolute Gasteiger partial charge is 0.308 e. The van der Waals surface area contributed by atoms with E-state index in [0.29, 0.717) is 41.2 Å². The Morgan fingerprint density at radius 3 is 1.25 bits per heavy atom. The van der Waals surface area contributed by atoms with Crippen LogP contribution in [-0.4, -0.2) is 14.5 Å². The van der Waals surface area contributed by atoms with Crippen LogP contribution in [0.5, 0.6) is 0 Å². The second-order valence-electron chi connectivity index (χ2n) is 13.2. The van der Waals surface area contributed by atoms with Crippen LogP contribution >= 0.6 is 0 Å². The molecule has 16 heteroatoms. The molecule has 0 amide bonds. The van der Waals surface area contributed by atoms with E-state index in [1.54, 1.807) is 30.5 Å². The lowest BCUT2D eigenvalue weighted by Crippen LogP contribution is -2.11.